The maximum absolute atomic E-state index is 15.5. The molecule has 2 heterocycles. The predicted octanol–water partition coefficient (Wildman–Crippen LogP) is 10.5. The molecular weight excluding hydrogens is 783 g/mol. The Kier molecular flexibility index (Phi) is 14.7. The van der Waals surface area contributed by atoms with Gasteiger partial charge in [-0.25, -0.2) is 13.6 Å². The molecule has 0 aromatic heterocycles. The van der Waals surface area contributed by atoms with E-state index in [9.17, 15) is 9.59 Å². The van der Waals surface area contributed by atoms with E-state index in [0.717, 1.165) is 77.8 Å². The number of benzene rings is 5. The van der Waals surface area contributed by atoms with Crippen LogP contribution in [0.5, 0.6) is 23.0 Å². The molecule has 0 amide bonds. The molecule has 2 saturated heterocycles. The number of methoxy groups -OCH3 is 1. The number of hydrogen-bond acceptors (Lipinski definition) is 9. The summed E-state index contributed by atoms with van der Waals surface area (Å²) in [6, 6.07) is 22.8. The van der Waals surface area contributed by atoms with Crippen LogP contribution in [-0.4, -0.2) is 65.3 Å². The molecule has 318 valence electrons. The minimum Gasteiger partial charge on any atom is -0.493 e. The van der Waals surface area contributed by atoms with Crippen LogP contribution in [0.4, 0.5) is 8.78 Å². The highest BCUT2D eigenvalue weighted by atomic mass is 19.2. The summed E-state index contributed by atoms with van der Waals surface area (Å²) in [5.41, 5.74) is 1.19. The van der Waals surface area contributed by atoms with Crippen molar-refractivity contribution >= 4 is 23.0 Å². The van der Waals surface area contributed by atoms with Gasteiger partial charge in [-0.3, -0.25) is 4.79 Å². The van der Waals surface area contributed by atoms with Gasteiger partial charge in [0.2, 0.25) is 0 Å². The lowest BCUT2D eigenvalue weighted by Gasteiger charge is -2.40. The van der Waals surface area contributed by atoms with Crippen molar-refractivity contribution in [2.24, 2.45) is 5.41 Å². The molecule has 5 aromatic rings. The molecule has 9 nitrogen and oxygen atoms in total. The Morgan fingerprint density at radius 3 is 2.33 bits per heavy atom. The molecule has 2 aliphatic rings. The zero-order chi connectivity index (χ0) is 42.6. The monoisotopic (exact) mass is 832 g/mol. The molecule has 61 heavy (non-hydrogen) atoms. The summed E-state index contributed by atoms with van der Waals surface area (Å²) < 4.78 is 71.1. The molecule has 0 bridgehead atoms. The summed E-state index contributed by atoms with van der Waals surface area (Å²) in [4.78, 5) is 25.9. The van der Waals surface area contributed by atoms with Gasteiger partial charge in [0.1, 0.15) is 11.5 Å². The van der Waals surface area contributed by atoms with Gasteiger partial charge in [-0.05, 0) is 92.6 Å². The topological polar surface area (TPSA) is 98.8 Å². The van der Waals surface area contributed by atoms with Crippen molar-refractivity contribution in [3.63, 3.8) is 0 Å². The van der Waals surface area contributed by atoms with Gasteiger partial charge in [-0.2, -0.15) is 0 Å². The Hall–Kier alpha value is -5.80. The molecule has 0 aliphatic carbocycles. The number of carbonyl (C=O) groups is 2. The first-order chi connectivity index (χ1) is 29.8. The fourth-order valence-electron chi connectivity index (χ4n) is 7.32. The van der Waals surface area contributed by atoms with Crippen molar-refractivity contribution in [1.82, 2.24) is 0 Å². The molecule has 2 fully saturated rings. The second kappa shape index (κ2) is 20.6. The maximum Gasteiger partial charge on any atom is 0.343 e. The standard InChI is InChI=1S/C50H50F2O9/c1-3-50(32-57-33-50)31-56-25-9-4-5-10-26-58-43-24-20-37(29-44(43)55-2)49(54)61-48-38(30-53)28-36(40-12-6-7-13-42(40)48)16-15-35-19-23-41(47(52)46(35)51)34-17-21-39(22-18-34)60-45-14-8-11-27-59-45/h6-7,12-13,17-24,28-30,45H,3-5,8-11,14,25-27,31-33H2,1-2H3. The predicted molar refractivity (Wildman–Crippen MR) is 228 cm³/mol. The largest absolute Gasteiger partial charge is 0.493 e. The SMILES string of the molecule is CCC1(COCCCCCCOc2ccc(C(=O)Oc3c(C=O)cc(C#Cc4ccc(-c5ccc(OC6CCCCO6)cc5)c(F)c4F)c4ccccc34)cc2OC)COC1. The minimum absolute atomic E-state index is 0.0389. The minimum atomic E-state index is -1.10. The summed E-state index contributed by atoms with van der Waals surface area (Å²) in [5, 5.41) is 0.981. The first kappa shape index (κ1) is 43.3. The van der Waals surface area contributed by atoms with Crippen LogP contribution in [0.1, 0.15) is 90.1 Å². The van der Waals surface area contributed by atoms with Crippen LogP contribution in [0.25, 0.3) is 21.9 Å². The Morgan fingerprint density at radius 2 is 1.62 bits per heavy atom. The maximum atomic E-state index is 15.5. The number of halogens is 2. The number of unbranched alkanes of at least 4 members (excludes halogenated alkanes) is 3. The highest BCUT2D eigenvalue weighted by molar-refractivity contribution is 6.03. The van der Waals surface area contributed by atoms with Gasteiger partial charge in [-0.15, -0.1) is 0 Å². The number of rotatable bonds is 18. The quantitative estimate of drug-likeness (QED) is 0.0281. The van der Waals surface area contributed by atoms with E-state index in [4.69, 9.17) is 33.2 Å². The van der Waals surface area contributed by atoms with E-state index in [2.05, 4.69) is 18.8 Å². The Bertz CT molecular complexity index is 2370. The second-order valence-corrected chi connectivity index (χ2v) is 15.4. The first-order valence-corrected chi connectivity index (χ1v) is 20.9. The molecule has 0 radical (unpaired) electrons. The number of aldehydes is 1. The van der Waals surface area contributed by atoms with Crippen LogP contribution in [0.15, 0.2) is 84.9 Å². The van der Waals surface area contributed by atoms with Crippen LogP contribution >= 0.6 is 0 Å². The van der Waals surface area contributed by atoms with Crippen molar-refractivity contribution in [3.8, 4) is 46.0 Å². The molecule has 5 aromatic carbocycles. The van der Waals surface area contributed by atoms with Crippen molar-refractivity contribution in [2.75, 3.05) is 46.8 Å². The van der Waals surface area contributed by atoms with E-state index < -0.39 is 17.6 Å². The van der Waals surface area contributed by atoms with E-state index >= 15 is 8.78 Å². The highest BCUT2D eigenvalue weighted by Crippen LogP contribution is 2.35. The average molecular weight is 833 g/mol. The van der Waals surface area contributed by atoms with Gasteiger partial charge in [0.05, 0.1) is 56.8 Å². The van der Waals surface area contributed by atoms with Gasteiger partial charge >= 0.3 is 5.97 Å². The van der Waals surface area contributed by atoms with Crippen molar-refractivity contribution in [3.05, 3.63) is 119 Å². The zero-order valence-corrected chi connectivity index (χ0v) is 34.6. The first-order valence-electron chi connectivity index (χ1n) is 20.9. The second-order valence-electron chi connectivity index (χ2n) is 15.4. The Labute approximate surface area is 355 Å². The lowest BCUT2D eigenvalue weighted by Crippen LogP contribution is -2.45. The Morgan fingerprint density at radius 1 is 0.852 bits per heavy atom. The van der Waals surface area contributed by atoms with E-state index in [1.165, 1.54) is 31.4 Å². The van der Waals surface area contributed by atoms with Gasteiger partial charge in [-0.1, -0.05) is 61.6 Å². The number of fused-ring (bicyclic) bond motifs is 1. The van der Waals surface area contributed by atoms with Crippen molar-refractivity contribution in [1.29, 1.82) is 0 Å². The smallest absolute Gasteiger partial charge is 0.343 e. The third-order valence-electron chi connectivity index (χ3n) is 11.1. The van der Waals surface area contributed by atoms with Crippen LogP contribution < -0.4 is 18.9 Å². The van der Waals surface area contributed by atoms with E-state index in [1.54, 1.807) is 60.7 Å². The van der Waals surface area contributed by atoms with E-state index in [-0.39, 0.29) is 39.7 Å². The molecule has 0 spiro atoms. The zero-order valence-electron chi connectivity index (χ0n) is 34.6. The van der Waals surface area contributed by atoms with Gasteiger partial charge < -0.3 is 33.2 Å². The third-order valence-corrected chi connectivity index (χ3v) is 11.1. The molecule has 1 atom stereocenters. The third kappa shape index (κ3) is 10.6. The van der Waals surface area contributed by atoms with Gasteiger partial charge in [0.25, 0.3) is 0 Å². The van der Waals surface area contributed by atoms with Crippen LogP contribution in [-0.2, 0) is 14.2 Å². The van der Waals surface area contributed by atoms with E-state index in [1.807, 2.05) is 0 Å². The van der Waals surface area contributed by atoms with Crippen molar-refractivity contribution in [2.45, 2.75) is 64.6 Å². The summed E-state index contributed by atoms with van der Waals surface area (Å²) in [5.74, 6) is 4.26. The van der Waals surface area contributed by atoms with Crippen molar-refractivity contribution < 1.29 is 51.5 Å². The lowest BCUT2D eigenvalue weighted by atomic mass is 9.84. The van der Waals surface area contributed by atoms with Crippen LogP contribution in [0.2, 0.25) is 0 Å². The van der Waals surface area contributed by atoms with Crippen LogP contribution in [0.3, 0.4) is 0 Å². The molecule has 7 rings (SSSR count). The molecule has 1 unspecified atom stereocenters. The molecule has 2 aliphatic heterocycles. The van der Waals surface area contributed by atoms with Gasteiger partial charge in [0, 0.05) is 40.3 Å². The summed E-state index contributed by atoms with van der Waals surface area (Å²) >= 11 is 0. The Balaban J connectivity index is 0.985. The normalized spacial score (nSPS) is 15.6. The summed E-state index contributed by atoms with van der Waals surface area (Å²) in [7, 11) is 1.49. The molecule has 11 heteroatoms. The molecule has 0 saturated carbocycles. The van der Waals surface area contributed by atoms with Gasteiger partial charge in [0.15, 0.2) is 35.7 Å². The number of esters is 1. The summed E-state index contributed by atoms with van der Waals surface area (Å²) in [6.07, 6.45) is 7.99. The average Bonchev–Trinajstić information content (AvgIpc) is 3.28. The fraction of sp³-hybridized carbons (Fsp3) is 0.360. The number of ether oxygens (including phenoxy) is 7. The fourth-order valence-corrected chi connectivity index (χ4v) is 7.32. The lowest BCUT2D eigenvalue weighted by molar-refractivity contribution is -0.150. The van der Waals surface area contributed by atoms with Crippen LogP contribution in [0, 0.1) is 28.9 Å². The number of hydrogen-bond donors (Lipinski definition) is 0. The number of carbonyl (C=O) groups excluding carboxylic acids is 2. The van der Waals surface area contributed by atoms with E-state index in [0.29, 0.717) is 58.6 Å². The molecule has 0 N–H and O–H groups in total. The molecular formula is C50H50F2O9. The highest BCUT2D eigenvalue weighted by Gasteiger charge is 2.36. The summed E-state index contributed by atoms with van der Waals surface area (Å²) in [6.45, 7) is 6.37.